The van der Waals surface area contributed by atoms with E-state index in [1.54, 1.807) is 12.1 Å². The molecule has 2 rings (SSSR count). The Kier molecular flexibility index (Phi) is 2.70. The summed E-state index contributed by atoms with van der Waals surface area (Å²) in [5, 5.41) is 21.4. The van der Waals surface area contributed by atoms with Gasteiger partial charge in [-0.1, -0.05) is 0 Å². The number of nitrogens with one attached hydrogen (secondary N) is 1. The maximum absolute atomic E-state index is 10.8. The fraction of sp³-hybridized carbons (Fsp3) is 0.364. The molecule has 0 bridgehead atoms. The van der Waals surface area contributed by atoms with Crippen molar-refractivity contribution in [1.82, 2.24) is 5.32 Å². The second-order valence-electron chi connectivity index (χ2n) is 3.77. The van der Waals surface area contributed by atoms with Gasteiger partial charge in [-0.05, 0) is 29.7 Å². The minimum absolute atomic E-state index is 0.0804. The summed E-state index contributed by atoms with van der Waals surface area (Å²) >= 11 is 0. The van der Waals surface area contributed by atoms with Crippen LogP contribution in [0.15, 0.2) is 12.1 Å². The Morgan fingerprint density at radius 3 is 2.88 bits per heavy atom. The molecule has 0 aliphatic carbocycles. The lowest BCUT2D eigenvalue weighted by Gasteiger charge is -2.23. The molecule has 1 aliphatic heterocycles. The number of phenols is 1. The SMILES string of the molecule is COc1cc2c(cc1O)CNC(C(=O)O)C2. The zero-order valence-corrected chi connectivity index (χ0v) is 8.86. The van der Waals surface area contributed by atoms with Crippen molar-refractivity contribution in [1.29, 1.82) is 0 Å². The van der Waals surface area contributed by atoms with E-state index in [9.17, 15) is 9.90 Å². The van der Waals surface area contributed by atoms with Crippen LogP contribution in [0.1, 0.15) is 11.1 Å². The molecule has 1 atom stereocenters. The van der Waals surface area contributed by atoms with Crippen molar-refractivity contribution in [3.05, 3.63) is 23.3 Å². The van der Waals surface area contributed by atoms with Gasteiger partial charge >= 0.3 is 5.97 Å². The van der Waals surface area contributed by atoms with E-state index < -0.39 is 12.0 Å². The van der Waals surface area contributed by atoms with Gasteiger partial charge in [0.05, 0.1) is 7.11 Å². The number of phenolic OH excluding ortho intramolecular Hbond substituents is 1. The summed E-state index contributed by atoms with van der Waals surface area (Å²) in [6, 6.07) is 2.74. The molecule has 0 saturated heterocycles. The van der Waals surface area contributed by atoms with E-state index in [0.717, 1.165) is 11.1 Å². The molecule has 5 heteroatoms. The van der Waals surface area contributed by atoms with Gasteiger partial charge in [0.2, 0.25) is 0 Å². The minimum atomic E-state index is -0.863. The standard InChI is InChI=1S/C11H13NO4/c1-16-10-4-6-2-8(11(14)15)12-5-7(6)3-9(10)13/h3-4,8,12-13H,2,5H2,1H3,(H,14,15). The molecule has 0 amide bonds. The third-order valence-corrected chi connectivity index (χ3v) is 2.76. The number of aliphatic carboxylic acids is 1. The molecule has 1 unspecified atom stereocenters. The van der Waals surface area contributed by atoms with Crippen LogP contribution in [-0.4, -0.2) is 29.3 Å². The Morgan fingerprint density at radius 2 is 2.25 bits per heavy atom. The minimum Gasteiger partial charge on any atom is -0.504 e. The van der Waals surface area contributed by atoms with Crippen LogP contribution in [0.25, 0.3) is 0 Å². The number of carboxylic acids is 1. The van der Waals surface area contributed by atoms with Crippen molar-refractivity contribution in [3.63, 3.8) is 0 Å². The summed E-state index contributed by atoms with van der Waals surface area (Å²) in [4.78, 5) is 10.8. The first-order chi connectivity index (χ1) is 7.61. The normalized spacial score (nSPS) is 18.9. The van der Waals surface area contributed by atoms with E-state index in [2.05, 4.69) is 5.32 Å². The van der Waals surface area contributed by atoms with Crippen LogP contribution in [0.2, 0.25) is 0 Å². The molecule has 1 heterocycles. The van der Waals surface area contributed by atoms with E-state index in [0.29, 0.717) is 18.7 Å². The Hall–Kier alpha value is -1.75. The van der Waals surface area contributed by atoms with E-state index in [1.165, 1.54) is 7.11 Å². The summed E-state index contributed by atoms with van der Waals surface area (Å²) in [6.07, 6.45) is 0.404. The van der Waals surface area contributed by atoms with Crippen LogP contribution in [-0.2, 0) is 17.8 Å². The van der Waals surface area contributed by atoms with E-state index >= 15 is 0 Å². The second-order valence-corrected chi connectivity index (χ2v) is 3.77. The topological polar surface area (TPSA) is 78.8 Å². The van der Waals surface area contributed by atoms with Gasteiger partial charge in [-0.25, -0.2) is 0 Å². The lowest BCUT2D eigenvalue weighted by Crippen LogP contribution is -2.41. The highest BCUT2D eigenvalue weighted by atomic mass is 16.5. The van der Waals surface area contributed by atoms with Crippen molar-refractivity contribution in [2.24, 2.45) is 0 Å². The Labute approximate surface area is 92.7 Å². The van der Waals surface area contributed by atoms with E-state index in [-0.39, 0.29) is 5.75 Å². The maximum atomic E-state index is 10.8. The van der Waals surface area contributed by atoms with Crippen molar-refractivity contribution >= 4 is 5.97 Å². The van der Waals surface area contributed by atoms with Gasteiger partial charge in [0, 0.05) is 6.54 Å². The largest absolute Gasteiger partial charge is 0.504 e. The quantitative estimate of drug-likeness (QED) is 0.680. The number of hydrogen-bond acceptors (Lipinski definition) is 4. The molecule has 0 spiro atoms. The fourth-order valence-electron chi connectivity index (χ4n) is 1.87. The number of carboxylic acid groups (broad SMARTS) is 1. The number of carbonyl (C=O) groups is 1. The first-order valence-electron chi connectivity index (χ1n) is 4.96. The molecule has 0 radical (unpaired) electrons. The number of rotatable bonds is 2. The van der Waals surface area contributed by atoms with Gasteiger partial charge in [0.1, 0.15) is 6.04 Å². The van der Waals surface area contributed by atoms with E-state index in [1.807, 2.05) is 0 Å². The molecule has 3 N–H and O–H groups in total. The lowest BCUT2D eigenvalue weighted by atomic mass is 9.95. The summed E-state index contributed by atoms with van der Waals surface area (Å²) in [5.74, 6) is -0.403. The molecule has 86 valence electrons. The lowest BCUT2D eigenvalue weighted by molar-refractivity contribution is -0.139. The molecule has 5 nitrogen and oxygen atoms in total. The molecular weight excluding hydrogens is 210 g/mol. The fourth-order valence-corrected chi connectivity index (χ4v) is 1.87. The van der Waals surface area contributed by atoms with Gasteiger partial charge in [-0.2, -0.15) is 0 Å². The molecular formula is C11H13NO4. The number of benzene rings is 1. The van der Waals surface area contributed by atoms with Gasteiger partial charge < -0.3 is 20.3 Å². The average Bonchev–Trinajstić information content (AvgIpc) is 2.27. The highest BCUT2D eigenvalue weighted by Crippen LogP contribution is 2.31. The molecule has 0 saturated carbocycles. The summed E-state index contributed by atoms with van der Waals surface area (Å²) in [6.45, 7) is 0.448. The van der Waals surface area contributed by atoms with Crippen molar-refractivity contribution < 1.29 is 19.7 Å². The van der Waals surface area contributed by atoms with Gasteiger partial charge in [0.15, 0.2) is 11.5 Å². The number of hydrogen-bond donors (Lipinski definition) is 3. The van der Waals surface area contributed by atoms with Gasteiger partial charge in [-0.3, -0.25) is 4.79 Å². The summed E-state index contributed by atoms with van der Waals surface area (Å²) in [5.41, 5.74) is 1.82. The third kappa shape index (κ3) is 1.81. The predicted octanol–water partition coefficient (Wildman–Crippen LogP) is 0.500. The van der Waals surface area contributed by atoms with Crippen LogP contribution in [0, 0.1) is 0 Å². The zero-order chi connectivity index (χ0) is 11.7. The van der Waals surface area contributed by atoms with Crippen molar-refractivity contribution in [3.8, 4) is 11.5 Å². The molecule has 16 heavy (non-hydrogen) atoms. The van der Waals surface area contributed by atoms with Gasteiger partial charge in [0.25, 0.3) is 0 Å². The summed E-state index contributed by atoms with van der Waals surface area (Å²) in [7, 11) is 1.47. The smallest absolute Gasteiger partial charge is 0.321 e. The molecule has 1 aromatic rings. The zero-order valence-electron chi connectivity index (χ0n) is 8.86. The van der Waals surface area contributed by atoms with Crippen LogP contribution in [0.4, 0.5) is 0 Å². The van der Waals surface area contributed by atoms with Crippen LogP contribution >= 0.6 is 0 Å². The average molecular weight is 223 g/mol. The maximum Gasteiger partial charge on any atom is 0.321 e. The Bertz CT molecular complexity index is 430. The van der Waals surface area contributed by atoms with Crippen LogP contribution < -0.4 is 10.1 Å². The number of ether oxygens (including phenoxy) is 1. The Morgan fingerprint density at radius 1 is 1.50 bits per heavy atom. The number of methoxy groups -OCH3 is 1. The second kappa shape index (κ2) is 4.02. The highest BCUT2D eigenvalue weighted by Gasteiger charge is 2.24. The Balaban J connectivity index is 2.34. The van der Waals surface area contributed by atoms with Crippen molar-refractivity contribution in [2.75, 3.05) is 7.11 Å². The number of fused-ring (bicyclic) bond motifs is 1. The molecule has 0 fully saturated rings. The first-order valence-corrected chi connectivity index (χ1v) is 4.96. The third-order valence-electron chi connectivity index (χ3n) is 2.76. The first kappa shape index (κ1) is 10.8. The molecule has 0 aromatic heterocycles. The monoisotopic (exact) mass is 223 g/mol. The van der Waals surface area contributed by atoms with E-state index in [4.69, 9.17) is 9.84 Å². The highest BCUT2D eigenvalue weighted by molar-refractivity contribution is 5.74. The van der Waals surface area contributed by atoms with Crippen LogP contribution in [0.5, 0.6) is 11.5 Å². The molecule has 1 aromatic carbocycles. The van der Waals surface area contributed by atoms with Crippen LogP contribution in [0.3, 0.4) is 0 Å². The predicted molar refractivity (Wildman–Crippen MR) is 56.6 cm³/mol. The van der Waals surface area contributed by atoms with Crippen molar-refractivity contribution in [2.45, 2.75) is 19.0 Å². The number of aromatic hydroxyl groups is 1. The molecule has 1 aliphatic rings. The summed E-state index contributed by atoms with van der Waals surface area (Å²) < 4.78 is 4.99. The van der Waals surface area contributed by atoms with Gasteiger partial charge in [-0.15, -0.1) is 0 Å².